The van der Waals surface area contributed by atoms with Crippen molar-refractivity contribution in [2.75, 3.05) is 13.1 Å². The van der Waals surface area contributed by atoms with E-state index in [9.17, 15) is 14.4 Å². The molecule has 3 heterocycles. The summed E-state index contributed by atoms with van der Waals surface area (Å²) in [6, 6.07) is 5.27. The number of benzene rings is 1. The van der Waals surface area contributed by atoms with Gasteiger partial charge in [-0.1, -0.05) is 18.6 Å². The molecule has 29 heavy (non-hydrogen) atoms. The fraction of sp³-hybridized carbons (Fsp3) is 0.591. The van der Waals surface area contributed by atoms with Gasteiger partial charge in [-0.05, 0) is 55.3 Å². The van der Waals surface area contributed by atoms with E-state index in [-0.39, 0.29) is 29.7 Å². The molecule has 3 N–H and O–H groups in total. The zero-order valence-corrected chi connectivity index (χ0v) is 16.6. The molecule has 1 aromatic rings. The number of nitrogens with one attached hydrogen (secondary N) is 3. The summed E-state index contributed by atoms with van der Waals surface area (Å²) in [6.45, 7) is 3.23. The van der Waals surface area contributed by atoms with Crippen LogP contribution in [-0.2, 0) is 22.7 Å². The molecule has 0 aromatic heterocycles. The summed E-state index contributed by atoms with van der Waals surface area (Å²) in [5.74, 6) is 0.0965. The third-order valence-corrected chi connectivity index (χ3v) is 7.17. The molecule has 7 nitrogen and oxygen atoms in total. The first-order valence-electron chi connectivity index (χ1n) is 10.8. The van der Waals surface area contributed by atoms with Gasteiger partial charge in [-0.2, -0.15) is 0 Å². The van der Waals surface area contributed by atoms with Crippen LogP contribution in [0.3, 0.4) is 0 Å². The van der Waals surface area contributed by atoms with Crippen molar-refractivity contribution in [2.24, 2.45) is 5.92 Å². The van der Waals surface area contributed by atoms with Crippen LogP contribution < -0.4 is 16.0 Å². The second-order valence-corrected chi connectivity index (χ2v) is 9.07. The number of carbonyl (C=O) groups excluding carboxylic acids is 3. The third kappa shape index (κ3) is 3.36. The molecule has 3 amide bonds. The average Bonchev–Trinajstić information content (AvgIpc) is 3.19. The van der Waals surface area contributed by atoms with E-state index in [1.165, 1.54) is 25.7 Å². The number of amides is 3. The van der Waals surface area contributed by atoms with Gasteiger partial charge < -0.3 is 15.5 Å². The predicted molar refractivity (Wildman–Crippen MR) is 107 cm³/mol. The Hall–Kier alpha value is -2.25. The first-order valence-corrected chi connectivity index (χ1v) is 10.8. The van der Waals surface area contributed by atoms with Gasteiger partial charge in [0.15, 0.2) is 0 Å². The smallest absolute Gasteiger partial charge is 0.255 e. The number of hydrogen-bond acceptors (Lipinski definition) is 5. The number of carbonyl (C=O) groups is 3. The van der Waals surface area contributed by atoms with Gasteiger partial charge in [0.25, 0.3) is 5.91 Å². The van der Waals surface area contributed by atoms with E-state index >= 15 is 0 Å². The quantitative estimate of drug-likeness (QED) is 0.648. The Labute approximate surface area is 170 Å². The van der Waals surface area contributed by atoms with Crippen molar-refractivity contribution in [1.82, 2.24) is 20.9 Å². The maximum absolute atomic E-state index is 12.9. The van der Waals surface area contributed by atoms with Gasteiger partial charge in [0.1, 0.15) is 6.04 Å². The molecule has 0 radical (unpaired) electrons. The number of piperidine rings is 1. The monoisotopic (exact) mass is 396 g/mol. The lowest BCUT2D eigenvalue weighted by Gasteiger charge is -2.33. The van der Waals surface area contributed by atoms with Crippen LogP contribution >= 0.6 is 0 Å². The van der Waals surface area contributed by atoms with Crippen molar-refractivity contribution in [3.8, 4) is 0 Å². The van der Waals surface area contributed by atoms with Crippen LogP contribution in [-0.4, -0.2) is 47.3 Å². The van der Waals surface area contributed by atoms with Crippen LogP contribution in [0.4, 0.5) is 0 Å². The molecule has 7 heteroatoms. The van der Waals surface area contributed by atoms with E-state index in [1.54, 1.807) is 4.90 Å². The van der Waals surface area contributed by atoms with E-state index < -0.39 is 6.04 Å². The summed E-state index contributed by atoms with van der Waals surface area (Å²) in [4.78, 5) is 38.2. The van der Waals surface area contributed by atoms with E-state index in [2.05, 4.69) is 22.0 Å². The molecule has 1 saturated carbocycles. The molecule has 5 rings (SSSR count). The zero-order chi connectivity index (χ0) is 20.0. The van der Waals surface area contributed by atoms with E-state index in [4.69, 9.17) is 0 Å². The van der Waals surface area contributed by atoms with Crippen LogP contribution in [0.25, 0.3) is 0 Å². The normalized spacial score (nSPS) is 31.2. The number of rotatable bonds is 5. The van der Waals surface area contributed by atoms with Crippen LogP contribution in [0.15, 0.2) is 18.2 Å². The summed E-state index contributed by atoms with van der Waals surface area (Å²) in [5.41, 5.74) is 3.04. The number of fused-ring (bicyclic) bond motifs is 3. The lowest BCUT2D eigenvalue weighted by atomic mass is 9.80. The summed E-state index contributed by atoms with van der Waals surface area (Å²) in [7, 11) is 0. The molecule has 2 bridgehead atoms. The SMILES string of the molecule is O=C1CCC(N2Cc3c(CNC[C@]45CCCC(CN4)C5)cccc3C2=O)C(=O)N1. The van der Waals surface area contributed by atoms with Gasteiger partial charge >= 0.3 is 0 Å². The molecule has 154 valence electrons. The van der Waals surface area contributed by atoms with Gasteiger partial charge in [0.05, 0.1) is 0 Å². The fourth-order valence-corrected chi connectivity index (χ4v) is 5.66. The largest absolute Gasteiger partial charge is 0.322 e. The fourth-order valence-electron chi connectivity index (χ4n) is 5.66. The van der Waals surface area contributed by atoms with Gasteiger partial charge in [0.2, 0.25) is 11.8 Å². The lowest BCUT2D eigenvalue weighted by Crippen LogP contribution is -2.52. The maximum Gasteiger partial charge on any atom is 0.255 e. The predicted octanol–water partition coefficient (Wildman–Crippen LogP) is 1.07. The van der Waals surface area contributed by atoms with Crippen LogP contribution in [0, 0.1) is 5.92 Å². The van der Waals surface area contributed by atoms with Gasteiger partial charge in [-0.25, -0.2) is 0 Å². The Kier molecular flexibility index (Phi) is 4.67. The Morgan fingerprint density at radius 1 is 1.21 bits per heavy atom. The Balaban J connectivity index is 1.27. The highest BCUT2D eigenvalue weighted by Gasteiger charge is 2.42. The first-order chi connectivity index (χ1) is 14.0. The number of imide groups is 1. The van der Waals surface area contributed by atoms with Gasteiger partial charge in [-0.3, -0.25) is 19.7 Å². The summed E-state index contributed by atoms with van der Waals surface area (Å²) in [6.07, 6.45) is 5.81. The topological polar surface area (TPSA) is 90.5 Å². The summed E-state index contributed by atoms with van der Waals surface area (Å²) < 4.78 is 0. The second kappa shape index (κ2) is 7.22. The molecule has 3 fully saturated rings. The molecule has 1 aliphatic carbocycles. The number of nitrogens with zero attached hydrogens (tertiary/aromatic N) is 1. The van der Waals surface area contributed by atoms with Crippen molar-refractivity contribution in [3.05, 3.63) is 34.9 Å². The second-order valence-electron chi connectivity index (χ2n) is 9.07. The minimum absolute atomic E-state index is 0.109. The molecule has 2 saturated heterocycles. The Morgan fingerprint density at radius 2 is 2.10 bits per heavy atom. The molecule has 4 aliphatic rings. The molecular formula is C22H28N4O3. The minimum Gasteiger partial charge on any atom is -0.322 e. The van der Waals surface area contributed by atoms with Gasteiger partial charge in [0, 0.05) is 37.2 Å². The Bertz CT molecular complexity index is 866. The highest BCUT2D eigenvalue weighted by Crippen LogP contribution is 2.37. The van der Waals surface area contributed by atoms with E-state index in [0.29, 0.717) is 25.1 Å². The molecule has 0 spiro atoms. The molecular weight excluding hydrogens is 368 g/mol. The third-order valence-electron chi connectivity index (χ3n) is 7.17. The van der Waals surface area contributed by atoms with E-state index in [1.807, 2.05) is 12.1 Å². The highest BCUT2D eigenvalue weighted by molar-refractivity contribution is 6.05. The van der Waals surface area contributed by atoms with Crippen LogP contribution in [0.2, 0.25) is 0 Å². The molecule has 3 atom stereocenters. The number of hydrogen-bond donors (Lipinski definition) is 3. The van der Waals surface area contributed by atoms with Crippen molar-refractivity contribution in [3.63, 3.8) is 0 Å². The van der Waals surface area contributed by atoms with Crippen molar-refractivity contribution in [1.29, 1.82) is 0 Å². The standard InChI is InChI=1S/C22H28N4O3/c27-19-7-6-18(20(28)25-19)26-12-17-15(4-1-5-16(17)21(26)29)11-23-13-22-8-2-3-14(9-22)10-24-22/h1,4-5,14,18,23-24H,2-3,6-13H2,(H,25,27,28)/t14?,18?,22-/m1/s1. The maximum atomic E-state index is 12.9. The first kappa shape index (κ1) is 18.8. The van der Waals surface area contributed by atoms with Crippen molar-refractivity contribution in [2.45, 2.75) is 63.2 Å². The van der Waals surface area contributed by atoms with Crippen molar-refractivity contribution >= 4 is 17.7 Å². The lowest BCUT2D eigenvalue weighted by molar-refractivity contribution is -0.136. The summed E-state index contributed by atoms with van der Waals surface area (Å²) in [5, 5.41) is 9.73. The molecule has 1 aromatic carbocycles. The van der Waals surface area contributed by atoms with Crippen molar-refractivity contribution < 1.29 is 14.4 Å². The Morgan fingerprint density at radius 3 is 2.97 bits per heavy atom. The summed E-state index contributed by atoms with van der Waals surface area (Å²) >= 11 is 0. The van der Waals surface area contributed by atoms with Crippen LogP contribution in [0.1, 0.15) is 60.0 Å². The van der Waals surface area contributed by atoms with E-state index in [0.717, 1.165) is 30.1 Å². The minimum atomic E-state index is -0.561. The zero-order valence-electron chi connectivity index (χ0n) is 16.6. The van der Waals surface area contributed by atoms with Gasteiger partial charge in [-0.15, -0.1) is 0 Å². The highest BCUT2D eigenvalue weighted by atomic mass is 16.2. The average molecular weight is 396 g/mol. The van der Waals surface area contributed by atoms with Crippen LogP contribution in [0.5, 0.6) is 0 Å². The molecule has 3 aliphatic heterocycles. The molecule has 2 unspecified atom stereocenters.